The molecule has 0 saturated carbocycles. The van der Waals surface area contributed by atoms with Gasteiger partial charge in [0.25, 0.3) is 0 Å². The van der Waals surface area contributed by atoms with E-state index in [9.17, 15) is 4.79 Å². The van der Waals surface area contributed by atoms with E-state index in [1.807, 2.05) is 26.0 Å². The summed E-state index contributed by atoms with van der Waals surface area (Å²) in [6, 6.07) is 4.05. The van der Waals surface area contributed by atoms with Crippen LogP contribution in [0.2, 0.25) is 0 Å². The Morgan fingerprint density at radius 1 is 1.29 bits per heavy atom. The average molecular weight is 384 g/mol. The Hall–Kier alpha value is -2.62. The third-order valence-corrected chi connectivity index (χ3v) is 4.92. The molecule has 0 unspecified atom stereocenters. The summed E-state index contributed by atoms with van der Waals surface area (Å²) in [5.74, 6) is -0.756. The quantitative estimate of drug-likeness (QED) is 0.433. The largest absolute Gasteiger partial charge is 0.493 e. The van der Waals surface area contributed by atoms with Crippen LogP contribution in [-0.2, 0) is 10.2 Å². The molecule has 1 N–H and O–H groups in total. The summed E-state index contributed by atoms with van der Waals surface area (Å²) in [6.45, 7) is 10.3. The molecule has 2 rings (SSSR count). The first-order chi connectivity index (χ1) is 13.2. The Bertz CT molecular complexity index is 870. The first kappa shape index (κ1) is 21.7. The van der Waals surface area contributed by atoms with Crippen molar-refractivity contribution in [2.75, 3.05) is 6.61 Å². The maximum atomic E-state index is 15.0. The highest BCUT2D eigenvalue weighted by atomic mass is 19.1. The molecule has 150 valence electrons. The summed E-state index contributed by atoms with van der Waals surface area (Å²) in [6.07, 6.45) is 9.52. The normalized spacial score (nSPS) is 16.7. The first-order valence-corrected chi connectivity index (χ1v) is 9.65. The lowest BCUT2D eigenvalue weighted by Crippen LogP contribution is -2.20. The highest BCUT2D eigenvalue weighted by Gasteiger charge is 2.27. The van der Waals surface area contributed by atoms with Crippen LogP contribution in [0, 0.1) is 0 Å². The fraction of sp³-hybridized carbons (Fsp3) is 0.375. The smallest absolute Gasteiger partial charge is 0.328 e. The zero-order chi connectivity index (χ0) is 20.9. The highest BCUT2D eigenvalue weighted by molar-refractivity contribution is 5.81. The van der Waals surface area contributed by atoms with Crippen molar-refractivity contribution in [2.45, 2.75) is 52.9 Å². The van der Waals surface area contributed by atoms with Gasteiger partial charge in [-0.05, 0) is 72.6 Å². The number of rotatable bonds is 7. The number of benzene rings is 1. The number of fused-ring (bicyclic) bond motifs is 1. The van der Waals surface area contributed by atoms with Crippen LogP contribution in [0.25, 0.3) is 11.6 Å². The second kappa shape index (κ2) is 9.05. The van der Waals surface area contributed by atoms with Gasteiger partial charge in [-0.1, -0.05) is 39.0 Å². The molecular formula is C24H29FO3. The van der Waals surface area contributed by atoms with Gasteiger partial charge in [0.2, 0.25) is 0 Å². The molecule has 1 aliphatic rings. The minimum absolute atomic E-state index is 0.00173. The van der Waals surface area contributed by atoms with Crippen molar-refractivity contribution in [3.63, 3.8) is 0 Å². The SMILES string of the molecule is CCOc1cc2c(cc1/C(CC)=C(F)/C=C/C(C)=C/C(=O)O)C=CCC2(C)C. The maximum Gasteiger partial charge on any atom is 0.328 e. The number of aliphatic carboxylic acids is 1. The molecule has 0 atom stereocenters. The number of halogens is 1. The molecule has 0 heterocycles. The molecule has 0 aromatic heterocycles. The number of hydrogen-bond acceptors (Lipinski definition) is 2. The minimum Gasteiger partial charge on any atom is -0.493 e. The standard InChI is InChI=1S/C24H29FO3/c1-6-18(21(25)11-10-16(3)13-23(26)27)19-14-17-9-8-12-24(4,5)20(17)15-22(19)28-7-2/h8-11,13-15H,6-7,12H2,1-5H3,(H,26,27)/b11-10+,16-13+,21-18-. The molecule has 28 heavy (non-hydrogen) atoms. The van der Waals surface area contributed by atoms with Gasteiger partial charge in [-0.25, -0.2) is 9.18 Å². The Kier molecular flexibility index (Phi) is 7.00. The molecule has 0 fully saturated rings. The fourth-order valence-corrected chi connectivity index (χ4v) is 3.46. The van der Waals surface area contributed by atoms with Gasteiger partial charge in [0, 0.05) is 11.6 Å². The van der Waals surface area contributed by atoms with Crippen LogP contribution in [-0.4, -0.2) is 17.7 Å². The molecule has 3 nitrogen and oxygen atoms in total. The van der Waals surface area contributed by atoms with Crippen molar-refractivity contribution in [2.24, 2.45) is 0 Å². The molecular weight excluding hydrogens is 355 g/mol. The number of carboxylic acids is 1. The van der Waals surface area contributed by atoms with Crippen LogP contribution in [0.1, 0.15) is 64.2 Å². The topological polar surface area (TPSA) is 46.5 Å². The summed E-state index contributed by atoms with van der Waals surface area (Å²) in [5.41, 5.74) is 4.04. The maximum absolute atomic E-state index is 15.0. The van der Waals surface area contributed by atoms with Gasteiger partial charge < -0.3 is 9.84 Å². The Balaban J connectivity index is 2.58. The van der Waals surface area contributed by atoms with Gasteiger partial charge in [0.15, 0.2) is 0 Å². The lowest BCUT2D eigenvalue weighted by atomic mass is 9.75. The van der Waals surface area contributed by atoms with Crippen LogP contribution in [0.3, 0.4) is 0 Å². The molecule has 0 bridgehead atoms. The van der Waals surface area contributed by atoms with Crippen molar-refractivity contribution in [1.29, 1.82) is 0 Å². The van der Waals surface area contributed by atoms with Crippen molar-refractivity contribution < 1.29 is 19.0 Å². The van der Waals surface area contributed by atoms with E-state index >= 15 is 4.39 Å². The van der Waals surface area contributed by atoms with E-state index in [-0.39, 0.29) is 11.2 Å². The van der Waals surface area contributed by atoms with Crippen LogP contribution in [0.15, 0.2) is 47.8 Å². The Morgan fingerprint density at radius 3 is 2.61 bits per heavy atom. The zero-order valence-electron chi connectivity index (χ0n) is 17.3. The summed E-state index contributed by atoms with van der Waals surface area (Å²) >= 11 is 0. The predicted molar refractivity (Wildman–Crippen MR) is 113 cm³/mol. The number of allylic oxidation sites excluding steroid dienone is 6. The third kappa shape index (κ3) is 5.00. The summed E-state index contributed by atoms with van der Waals surface area (Å²) < 4.78 is 20.9. The van der Waals surface area contributed by atoms with Gasteiger partial charge in [-0.2, -0.15) is 0 Å². The van der Waals surface area contributed by atoms with E-state index in [0.29, 0.717) is 29.9 Å². The third-order valence-electron chi connectivity index (χ3n) is 4.92. The molecule has 0 radical (unpaired) electrons. The van der Waals surface area contributed by atoms with E-state index < -0.39 is 5.97 Å². The predicted octanol–water partition coefficient (Wildman–Crippen LogP) is 6.46. The molecule has 1 aromatic carbocycles. The molecule has 0 aliphatic heterocycles. The van der Waals surface area contributed by atoms with E-state index in [4.69, 9.17) is 9.84 Å². The number of carbonyl (C=O) groups is 1. The van der Waals surface area contributed by atoms with Crippen molar-refractivity contribution in [1.82, 2.24) is 0 Å². The van der Waals surface area contributed by atoms with Crippen LogP contribution >= 0.6 is 0 Å². The van der Waals surface area contributed by atoms with Gasteiger partial charge in [0.05, 0.1) is 6.61 Å². The van der Waals surface area contributed by atoms with E-state index in [1.54, 1.807) is 6.92 Å². The molecule has 0 amide bonds. The number of hydrogen-bond donors (Lipinski definition) is 1. The lowest BCUT2D eigenvalue weighted by molar-refractivity contribution is -0.131. The summed E-state index contributed by atoms with van der Waals surface area (Å²) in [5, 5.41) is 8.79. The van der Waals surface area contributed by atoms with Crippen LogP contribution in [0.5, 0.6) is 5.75 Å². The second-order valence-electron chi connectivity index (χ2n) is 7.60. The van der Waals surface area contributed by atoms with Gasteiger partial charge in [-0.3, -0.25) is 0 Å². The zero-order valence-corrected chi connectivity index (χ0v) is 17.3. The fourth-order valence-electron chi connectivity index (χ4n) is 3.46. The number of ether oxygens (including phenoxy) is 1. The summed E-state index contributed by atoms with van der Waals surface area (Å²) in [7, 11) is 0. The Labute approximate surface area is 166 Å². The minimum atomic E-state index is -1.05. The molecule has 1 aromatic rings. The average Bonchev–Trinajstić information content (AvgIpc) is 2.61. The molecule has 0 saturated heterocycles. The highest BCUT2D eigenvalue weighted by Crippen LogP contribution is 2.41. The first-order valence-electron chi connectivity index (χ1n) is 9.65. The van der Waals surface area contributed by atoms with Gasteiger partial charge in [-0.15, -0.1) is 0 Å². The van der Waals surface area contributed by atoms with Crippen LogP contribution < -0.4 is 4.74 Å². The molecule has 4 heteroatoms. The summed E-state index contributed by atoms with van der Waals surface area (Å²) in [4.78, 5) is 10.7. The Morgan fingerprint density at radius 2 is 2.00 bits per heavy atom. The molecule has 1 aliphatic carbocycles. The van der Waals surface area contributed by atoms with Crippen molar-refractivity contribution in [3.05, 3.63) is 64.5 Å². The lowest BCUT2D eigenvalue weighted by Gasteiger charge is -2.30. The van der Waals surface area contributed by atoms with Gasteiger partial charge in [0.1, 0.15) is 11.6 Å². The molecule has 0 spiro atoms. The van der Waals surface area contributed by atoms with Crippen LogP contribution in [0.4, 0.5) is 4.39 Å². The van der Waals surface area contributed by atoms with Gasteiger partial charge >= 0.3 is 5.97 Å². The second-order valence-corrected chi connectivity index (χ2v) is 7.60. The van der Waals surface area contributed by atoms with E-state index in [0.717, 1.165) is 23.6 Å². The van der Waals surface area contributed by atoms with E-state index in [1.165, 1.54) is 17.7 Å². The van der Waals surface area contributed by atoms with Crippen molar-refractivity contribution >= 4 is 17.6 Å². The monoisotopic (exact) mass is 384 g/mol. The van der Waals surface area contributed by atoms with Crippen molar-refractivity contribution in [3.8, 4) is 5.75 Å². The van der Waals surface area contributed by atoms with E-state index in [2.05, 4.69) is 26.0 Å². The number of carboxylic acid groups (broad SMARTS) is 1.